The molecule has 0 saturated heterocycles. The van der Waals surface area contributed by atoms with Gasteiger partial charge in [-0.3, -0.25) is 4.79 Å². The molecule has 0 radical (unpaired) electrons. The van der Waals surface area contributed by atoms with E-state index in [1.165, 1.54) is 0 Å². The molecule has 0 aliphatic carbocycles. The molecule has 0 aliphatic heterocycles. The summed E-state index contributed by atoms with van der Waals surface area (Å²) in [6.07, 6.45) is 0.403. The molecule has 1 unspecified atom stereocenters. The maximum Gasteiger partial charge on any atom is 0.319 e. The fourth-order valence-corrected chi connectivity index (χ4v) is 1.80. The highest BCUT2D eigenvalue weighted by Gasteiger charge is 2.11. The first-order valence-electron chi connectivity index (χ1n) is 5.94. The number of urea groups is 1. The number of carboxylic acids is 1. The minimum atomic E-state index is -0.856. The first kappa shape index (κ1) is 15.5. The quantitative estimate of drug-likeness (QED) is 0.777. The molecule has 1 aromatic rings. The molecule has 3 N–H and O–H groups in total. The van der Waals surface area contributed by atoms with Gasteiger partial charge in [-0.15, -0.1) is 0 Å². The lowest BCUT2D eigenvalue weighted by Gasteiger charge is -2.11. The molecule has 0 fully saturated rings. The number of hydrogen-bond donors (Lipinski definition) is 3. The summed E-state index contributed by atoms with van der Waals surface area (Å²) in [5.74, 6) is -1.32. The summed E-state index contributed by atoms with van der Waals surface area (Å²) in [7, 11) is 0. The van der Waals surface area contributed by atoms with Crippen molar-refractivity contribution in [2.24, 2.45) is 5.92 Å². The molecule has 0 aliphatic rings. The lowest BCUT2D eigenvalue weighted by molar-refractivity contribution is -0.141. The molecule has 6 heteroatoms. The Morgan fingerprint density at radius 2 is 2.11 bits per heavy atom. The van der Waals surface area contributed by atoms with Crippen molar-refractivity contribution in [2.45, 2.75) is 20.3 Å². The number of hydrogen-bond acceptors (Lipinski definition) is 2. The minimum Gasteiger partial charge on any atom is -0.481 e. The van der Waals surface area contributed by atoms with Crippen molar-refractivity contribution in [3.05, 3.63) is 28.2 Å². The van der Waals surface area contributed by atoms with E-state index in [1.807, 2.05) is 19.1 Å². The summed E-state index contributed by atoms with van der Waals surface area (Å²) in [6, 6.07) is 5.20. The van der Waals surface area contributed by atoms with E-state index >= 15 is 0 Å². The zero-order valence-electron chi connectivity index (χ0n) is 10.9. The van der Waals surface area contributed by atoms with Crippen LogP contribution in [0.15, 0.2) is 22.7 Å². The van der Waals surface area contributed by atoms with Crippen molar-refractivity contribution >= 4 is 33.6 Å². The zero-order valence-corrected chi connectivity index (χ0v) is 12.5. The molecule has 1 atom stereocenters. The van der Waals surface area contributed by atoms with E-state index in [0.29, 0.717) is 13.0 Å². The number of anilines is 1. The SMILES string of the molecule is Cc1c(Br)cccc1NC(=O)NCCC(C)C(=O)O. The van der Waals surface area contributed by atoms with Crippen LogP contribution in [-0.4, -0.2) is 23.7 Å². The molecule has 104 valence electrons. The lowest BCUT2D eigenvalue weighted by Crippen LogP contribution is -2.31. The van der Waals surface area contributed by atoms with Crippen molar-refractivity contribution < 1.29 is 14.7 Å². The molecule has 0 spiro atoms. The number of nitrogens with one attached hydrogen (secondary N) is 2. The number of carbonyl (C=O) groups excluding carboxylic acids is 1. The van der Waals surface area contributed by atoms with Gasteiger partial charge in [0, 0.05) is 16.7 Å². The molecule has 0 bridgehead atoms. The normalized spacial score (nSPS) is 11.7. The van der Waals surface area contributed by atoms with Crippen LogP contribution < -0.4 is 10.6 Å². The van der Waals surface area contributed by atoms with Gasteiger partial charge in [0.25, 0.3) is 0 Å². The van der Waals surface area contributed by atoms with Crippen LogP contribution in [-0.2, 0) is 4.79 Å². The topological polar surface area (TPSA) is 78.4 Å². The monoisotopic (exact) mass is 328 g/mol. The largest absolute Gasteiger partial charge is 0.481 e. The fourth-order valence-electron chi connectivity index (χ4n) is 1.44. The maximum absolute atomic E-state index is 11.6. The number of carboxylic acid groups (broad SMARTS) is 1. The Labute approximate surface area is 120 Å². The van der Waals surface area contributed by atoms with Crippen LogP contribution in [0.5, 0.6) is 0 Å². The summed E-state index contributed by atoms with van der Waals surface area (Å²) in [4.78, 5) is 22.3. The highest BCUT2D eigenvalue weighted by molar-refractivity contribution is 9.10. The van der Waals surface area contributed by atoms with Crippen molar-refractivity contribution in [1.82, 2.24) is 5.32 Å². The third-order valence-electron chi connectivity index (χ3n) is 2.80. The van der Waals surface area contributed by atoms with Gasteiger partial charge in [-0.05, 0) is 31.0 Å². The first-order valence-corrected chi connectivity index (χ1v) is 6.74. The standard InChI is InChI=1S/C13H17BrN2O3/c1-8(12(17)18)6-7-15-13(19)16-11-5-3-4-10(14)9(11)2/h3-5,8H,6-7H2,1-2H3,(H,17,18)(H2,15,16,19). The van der Waals surface area contributed by atoms with Crippen LogP contribution in [0.25, 0.3) is 0 Å². The number of carbonyl (C=O) groups is 2. The average molecular weight is 329 g/mol. The van der Waals surface area contributed by atoms with Gasteiger partial charge in [-0.2, -0.15) is 0 Å². The van der Waals surface area contributed by atoms with Gasteiger partial charge >= 0.3 is 12.0 Å². The van der Waals surface area contributed by atoms with Gasteiger partial charge in [-0.1, -0.05) is 28.9 Å². The molecular weight excluding hydrogens is 312 g/mol. The predicted molar refractivity (Wildman–Crippen MR) is 77.3 cm³/mol. The van der Waals surface area contributed by atoms with Crippen molar-refractivity contribution in [1.29, 1.82) is 0 Å². The number of amides is 2. The van der Waals surface area contributed by atoms with Crippen LogP contribution >= 0.6 is 15.9 Å². The second-order valence-electron chi connectivity index (χ2n) is 4.32. The van der Waals surface area contributed by atoms with Crippen LogP contribution in [0.2, 0.25) is 0 Å². The first-order chi connectivity index (χ1) is 8.91. The highest BCUT2D eigenvalue weighted by Crippen LogP contribution is 2.23. The van der Waals surface area contributed by atoms with E-state index in [4.69, 9.17) is 5.11 Å². The summed E-state index contributed by atoms with van der Waals surface area (Å²) in [5.41, 5.74) is 1.66. The molecule has 1 rings (SSSR count). The van der Waals surface area contributed by atoms with Crippen LogP contribution in [0.1, 0.15) is 18.9 Å². The Morgan fingerprint density at radius 1 is 1.42 bits per heavy atom. The Morgan fingerprint density at radius 3 is 2.74 bits per heavy atom. The third-order valence-corrected chi connectivity index (χ3v) is 3.66. The Balaban J connectivity index is 2.43. The summed E-state index contributed by atoms with van der Waals surface area (Å²) >= 11 is 3.39. The molecule has 0 aromatic heterocycles. The van der Waals surface area contributed by atoms with Gasteiger partial charge < -0.3 is 15.7 Å². The summed E-state index contributed by atoms with van der Waals surface area (Å²) in [5, 5.41) is 14.1. The van der Waals surface area contributed by atoms with E-state index in [0.717, 1.165) is 15.7 Å². The predicted octanol–water partition coefficient (Wildman–Crippen LogP) is 2.99. The third kappa shape index (κ3) is 4.90. The molecule has 5 nitrogen and oxygen atoms in total. The van der Waals surface area contributed by atoms with Gasteiger partial charge in [0.1, 0.15) is 0 Å². The molecule has 1 aromatic carbocycles. The van der Waals surface area contributed by atoms with E-state index in [1.54, 1.807) is 13.0 Å². The van der Waals surface area contributed by atoms with Gasteiger partial charge in [0.15, 0.2) is 0 Å². The van der Waals surface area contributed by atoms with Crippen molar-refractivity contribution in [3.8, 4) is 0 Å². The molecule has 2 amide bonds. The number of benzene rings is 1. The Kier molecular flexibility index (Phi) is 5.82. The van der Waals surface area contributed by atoms with E-state index < -0.39 is 11.9 Å². The van der Waals surface area contributed by atoms with E-state index in [-0.39, 0.29) is 6.03 Å². The highest BCUT2D eigenvalue weighted by atomic mass is 79.9. The van der Waals surface area contributed by atoms with Crippen LogP contribution in [0.3, 0.4) is 0 Å². The lowest BCUT2D eigenvalue weighted by atomic mass is 10.1. The van der Waals surface area contributed by atoms with Crippen LogP contribution in [0.4, 0.5) is 10.5 Å². The Bertz CT molecular complexity index is 477. The van der Waals surface area contributed by atoms with Gasteiger partial charge in [-0.25, -0.2) is 4.79 Å². The van der Waals surface area contributed by atoms with E-state index in [2.05, 4.69) is 26.6 Å². The Hall–Kier alpha value is -1.56. The fraction of sp³-hybridized carbons (Fsp3) is 0.385. The van der Waals surface area contributed by atoms with Crippen molar-refractivity contribution in [2.75, 3.05) is 11.9 Å². The maximum atomic E-state index is 11.6. The number of aliphatic carboxylic acids is 1. The second kappa shape index (κ2) is 7.13. The van der Waals surface area contributed by atoms with Gasteiger partial charge in [0.2, 0.25) is 0 Å². The number of rotatable bonds is 5. The van der Waals surface area contributed by atoms with Crippen molar-refractivity contribution in [3.63, 3.8) is 0 Å². The van der Waals surface area contributed by atoms with Crippen LogP contribution in [0, 0.1) is 12.8 Å². The molecular formula is C13H17BrN2O3. The minimum absolute atomic E-state index is 0.326. The molecule has 19 heavy (non-hydrogen) atoms. The van der Waals surface area contributed by atoms with E-state index in [9.17, 15) is 9.59 Å². The number of halogens is 1. The molecule has 0 heterocycles. The van der Waals surface area contributed by atoms with Gasteiger partial charge in [0.05, 0.1) is 5.92 Å². The summed E-state index contributed by atoms with van der Waals surface area (Å²) in [6.45, 7) is 3.83. The smallest absolute Gasteiger partial charge is 0.319 e. The average Bonchev–Trinajstić information content (AvgIpc) is 2.34. The molecule has 0 saturated carbocycles. The second-order valence-corrected chi connectivity index (χ2v) is 5.18. The summed E-state index contributed by atoms with van der Waals surface area (Å²) < 4.78 is 0.921. The zero-order chi connectivity index (χ0) is 14.4.